The van der Waals surface area contributed by atoms with E-state index in [2.05, 4.69) is 17.2 Å². The van der Waals surface area contributed by atoms with Gasteiger partial charge in [0.05, 0.1) is 21.1 Å². The predicted molar refractivity (Wildman–Crippen MR) is 33.4 cm³/mol. The standard InChI is InChI=1S/3CH5N.O3P/c3*1-2;1-4(2)3/h3*2H2,1H3;/q;;;-3/p+3. The summed E-state index contributed by atoms with van der Waals surface area (Å²) in [5.74, 6) is 0. The van der Waals surface area contributed by atoms with Crippen molar-refractivity contribution in [2.75, 3.05) is 21.1 Å². The molecule has 0 rings (SSSR count). The van der Waals surface area contributed by atoms with Gasteiger partial charge in [-0.3, -0.25) is 0 Å². The quantitative estimate of drug-likeness (QED) is 0.314. The molecule has 10 heavy (non-hydrogen) atoms. The minimum Gasteiger partial charge on any atom is -0.854 e. The fraction of sp³-hybridized carbons (Fsp3) is 1.00. The van der Waals surface area contributed by atoms with E-state index in [1.54, 1.807) is 21.1 Å². The summed E-state index contributed by atoms with van der Waals surface area (Å²) in [6.45, 7) is 0. The van der Waals surface area contributed by atoms with Gasteiger partial charge in [-0.25, -0.2) is 0 Å². The van der Waals surface area contributed by atoms with Gasteiger partial charge in [-0.15, -0.1) is 0 Å². The fourth-order valence-corrected chi connectivity index (χ4v) is 0. The lowest BCUT2D eigenvalue weighted by Crippen LogP contribution is -2.40. The summed E-state index contributed by atoms with van der Waals surface area (Å²) in [6, 6.07) is 0. The molecule has 0 atom stereocenters. The second kappa shape index (κ2) is 60.6. The lowest BCUT2D eigenvalue weighted by atomic mass is 11.6. The van der Waals surface area contributed by atoms with Crippen LogP contribution in [0.2, 0.25) is 0 Å². The van der Waals surface area contributed by atoms with Crippen LogP contribution in [0, 0.1) is 0 Å². The maximum atomic E-state index is 8.48. The van der Waals surface area contributed by atoms with Crippen LogP contribution in [0.5, 0.6) is 0 Å². The van der Waals surface area contributed by atoms with E-state index in [-0.39, 0.29) is 0 Å². The SMILES string of the molecule is C[NH3+].C[NH3+].C[NH3+].[O-]P([O-])[O-]. The molecule has 0 heterocycles. The minimum atomic E-state index is -3.37. The van der Waals surface area contributed by atoms with Gasteiger partial charge in [-0.1, -0.05) is 0 Å². The third-order valence-electron chi connectivity index (χ3n) is 0. The van der Waals surface area contributed by atoms with E-state index < -0.39 is 8.60 Å². The molecule has 0 saturated heterocycles. The molecule has 0 aliphatic rings. The van der Waals surface area contributed by atoms with Crippen LogP contribution in [0.25, 0.3) is 0 Å². The van der Waals surface area contributed by atoms with Crippen molar-refractivity contribution in [1.82, 2.24) is 0 Å². The zero-order chi connectivity index (χ0) is 9.58. The van der Waals surface area contributed by atoms with Crippen LogP contribution in [-0.2, 0) is 0 Å². The highest BCUT2D eigenvalue weighted by Crippen LogP contribution is 1.85. The van der Waals surface area contributed by atoms with Crippen molar-refractivity contribution in [3.05, 3.63) is 0 Å². The second-order valence-electron chi connectivity index (χ2n) is 0.224. The van der Waals surface area contributed by atoms with Crippen LogP contribution in [0.15, 0.2) is 0 Å². The zero-order valence-corrected chi connectivity index (χ0v) is 7.69. The Balaban J connectivity index is -0.0000000262. The van der Waals surface area contributed by atoms with Crippen LogP contribution in [0.4, 0.5) is 0 Å². The van der Waals surface area contributed by atoms with Crippen LogP contribution >= 0.6 is 8.60 Å². The Morgan fingerprint density at radius 2 is 0.700 bits per heavy atom. The lowest BCUT2D eigenvalue weighted by molar-refractivity contribution is -0.407. The molecule has 0 aliphatic heterocycles. The molecule has 0 aromatic carbocycles. The molecule has 0 spiro atoms. The molecule has 0 aromatic heterocycles. The minimum absolute atomic E-state index is 1.75. The summed E-state index contributed by atoms with van der Waals surface area (Å²) < 4.78 is 0. The molecular formula is C3H18N3O3P. The Morgan fingerprint density at radius 1 is 0.700 bits per heavy atom. The first-order valence-electron chi connectivity index (χ1n) is 2.67. The largest absolute Gasteiger partial charge is 0.854 e. The van der Waals surface area contributed by atoms with Gasteiger partial charge >= 0.3 is 0 Å². The normalized spacial score (nSPS) is 5.40. The van der Waals surface area contributed by atoms with Crippen molar-refractivity contribution in [1.29, 1.82) is 0 Å². The van der Waals surface area contributed by atoms with E-state index in [1.165, 1.54) is 0 Å². The number of quaternary nitrogens is 3. The molecule has 0 fully saturated rings. The van der Waals surface area contributed by atoms with E-state index >= 15 is 0 Å². The number of hydrogen-bond acceptors (Lipinski definition) is 3. The van der Waals surface area contributed by atoms with Crippen LogP contribution in [0.3, 0.4) is 0 Å². The maximum absolute atomic E-state index is 8.48. The number of hydrogen-bond donors (Lipinski definition) is 3. The van der Waals surface area contributed by atoms with Gasteiger partial charge in [0, 0.05) is 0 Å². The highest BCUT2D eigenvalue weighted by molar-refractivity contribution is 7.33. The molecule has 0 amide bonds. The van der Waals surface area contributed by atoms with Crippen molar-refractivity contribution in [2.45, 2.75) is 0 Å². The van der Waals surface area contributed by atoms with Crippen molar-refractivity contribution in [3.63, 3.8) is 0 Å². The van der Waals surface area contributed by atoms with Gasteiger partial charge in [0.1, 0.15) is 0 Å². The molecule has 9 N–H and O–H groups in total. The van der Waals surface area contributed by atoms with Gasteiger partial charge in [0.25, 0.3) is 0 Å². The topological polar surface area (TPSA) is 152 Å². The Morgan fingerprint density at radius 3 is 0.700 bits per heavy atom. The highest BCUT2D eigenvalue weighted by Gasteiger charge is 1.10. The zero-order valence-electron chi connectivity index (χ0n) is 6.79. The summed E-state index contributed by atoms with van der Waals surface area (Å²) in [6.07, 6.45) is 0. The van der Waals surface area contributed by atoms with Gasteiger partial charge in [0.2, 0.25) is 0 Å². The molecule has 0 aromatic rings. The first kappa shape index (κ1) is 22.5. The Hall–Kier alpha value is 0.190. The van der Waals surface area contributed by atoms with Crippen molar-refractivity contribution >= 4 is 8.60 Å². The molecule has 7 heteroatoms. The average Bonchev–Trinajstić information content (AvgIpc) is 1.98. The third-order valence-corrected chi connectivity index (χ3v) is 0. The molecule has 68 valence electrons. The third kappa shape index (κ3) is 11700. The van der Waals surface area contributed by atoms with Crippen LogP contribution in [-0.4, -0.2) is 21.1 Å². The van der Waals surface area contributed by atoms with Crippen LogP contribution in [0.1, 0.15) is 0 Å². The van der Waals surface area contributed by atoms with Gasteiger partial charge in [0.15, 0.2) is 0 Å². The Kier molecular flexibility index (Phi) is 136. The van der Waals surface area contributed by atoms with Crippen molar-refractivity contribution in [2.24, 2.45) is 0 Å². The summed E-state index contributed by atoms with van der Waals surface area (Å²) in [5, 5.41) is 0. The van der Waals surface area contributed by atoms with E-state index in [0.717, 1.165) is 0 Å². The first-order chi connectivity index (χ1) is 4.73. The summed E-state index contributed by atoms with van der Waals surface area (Å²) in [4.78, 5) is 25.4. The molecule has 0 aliphatic carbocycles. The van der Waals surface area contributed by atoms with E-state index in [0.29, 0.717) is 0 Å². The molecule has 6 nitrogen and oxygen atoms in total. The molecule has 0 bridgehead atoms. The van der Waals surface area contributed by atoms with Crippen LogP contribution < -0.4 is 31.9 Å². The maximum Gasteiger partial charge on any atom is 0.0634 e. The first-order valence-corrected chi connectivity index (χ1v) is 3.76. The van der Waals surface area contributed by atoms with Gasteiger partial charge in [-0.05, 0) is 0 Å². The molecular weight excluding hydrogens is 157 g/mol. The summed E-state index contributed by atoms with van der Waals surface area (Å²) in [7, 11) is 1.88. The molecule has 0 saturated carbocycles. The molecule has 0 radical (unpaired) electrons. The Labute approximate surface area is 62.6 Å². The average molecular weight is 175 g/mol. The lowest BCUT2D eigenvalue weighted by Gasteiger charge is -2.39. The van der Waals surface area contributed by atoms with Gasteiger partial charge < -0.3 is 40.5 Å². The van der Waals surface area contributed by atoms with Gasteiger partial charge in [-0.2, -0.15) is 0 Å². The predicted octanol–water partition coefficient (Wildman–Crippen LogP) is -6.13. The van der Waals surface area contributed by atoms with E-state index in [1.807, 2.05) is 0 Å². The smallest absolute Gasteiger partial charge is 0.0634 e. The summed E-state index contributed by atoms with van der Waals surface area (Å²) >= 11 is 0. The van der Waals surface area contributed by atoms with E-state index in [4.69, 9.17) is 14.7 Å². The monoisotopic (exact) mass is 175 g/mol. The second-order valence-corrected chi connectivity index (χ2v) is 0.671. The Bertz CT molecular complexity index is 23.7. The van der Waals surface area contributed by atoms with Crippen molar-refractivity contribution < 1.29 is 31.9 Å². The fourth-order valence-electron chi connectivity index (χ4n) is 0. The summed E-state index contributed by atoms with van der Waals surface area (Å²) in [5.41, 5.74) is 9.75. The van der Waals surface area contributed by atoms with Crippen molar-refractivity contribution in [3.8, 4) is 0 Å². The van der Waals surface area contributed by atoms with E-state index in [9.17, 15) is 0 Å². The molecule has 0 unspecified atom stereocenters. The number of rotatable bonds is 0. The highest BCUT2D eigenvalue weighted by atomic mass is 31.2.